The molecule has 0 aliphatic rings. The van der Waals surface area contributed by atoms with E-state index in [1.165, 1.54) is 0 Å². The Morgan fingerprint density at radius 3 is 2.63 bits per heavy atom. The maximum Gasteiger partial charge on any atom is 0.326 e. The molecule has 0 saturated heterocycles. The molecular weight excluding hydrogens is 248 g/mol. The van der Waals surface area contributed by atoms with Gasteiger partial charge in [0, 0.05) is 18.4 Å². The number of amides is 2. The van der Waals surface area contributed by atoms with Crippen molar-refractivity contribution in [3.8, 4) is 0 Å². The highest BCUT2D eigenvalue weighted by atomic mass is 16.5. The minimum atomic E-state index is -1.05. The molecule has 6 nitrogen and oxygen atoms in total. The molecular formula is C13H18N2O4. The van der Waals surface area contributed by atoms with E-state index >= 15 is 0 Å². The number of carbonyl (C=O) groups is 2. The van der Waals surface area contributed by atoms with Gasteiger partial charge in [-0.3, -0.25) is 0 Å². The van der Waals surface area contributed by atoms with Crippen molar-refractivity contribution in [3.63, 3.8) is 0 Å². The molecule has 0 aliphatic carbocycles. The van der Waals surface area contributed by atoms with Crippen LogP contribution in [0.15, 0.2) is 24.3 Å². The number of carbonyl (C=O) groups excluding carboxylic acids is 1. The van der Waals surface area contributed by atoms with Crippen LogP contribution >= 0.6 is 0 Å². The number of carboxylic acids is 1. The third-order valence-electron chi connectivity index (χ3n) is 2.58. The largest absolute Gasteiger partial charge is 0.480 e. The van der Waals surface area contributed by atoms with Crippen LogP contribution in [-0.2, 0) is 16.1 Å². The van der Waals surface area contributed by atoms with Gasteiger partial charge < -0.3 is 20.5 Å². The quantitative estimate of drug-likeness (QED) is 0.732. The van der Waals surface area contributed by atoms with Crippen LogP contribution in [0.5, 0.6) is 0 Å². The van der Waals surface area contributed by atoms with Crippen LogP contribution in [0.1, 0.15) is 18.9 Å². The van der Waals surface area contributed by atoms with E-state index < -0.39 is 18.0 Å². The Balaban J connectivity index is 2.69. The fraction of sp³-hybridized carbons (Fsp3) is 0.385. The molecule has 0 unspecified atom stereocenters. The fourth-order valence-corrected chi connectivity index (χ4v) is 1.58. The molecule has 3 N–H and O–H groups in total. The van der Waals surface area contributed by atoms with E-state index in [0.29, 0.717) is 18.7 Å². The molecule has 0 fully saturated rings. The Morgan fingerprint density at radius 2 is 2.05 bits per heavy atom. The normalized spacial score (nSPS) is 11.7. The molecule has 0 aliphatic heterocycles. The van der Waals surface area contributed by atoms with Crippen LogP contribution < -0.4 is 10.6 Å². The number of nitrogens with one attached hydrogen (secondary N) is 2. The van der Waals surface area contributed by atoms with Crippen LogP contribution in [0.3, 0.4) is 0 Å². The maximum absolute atomic E-state index is 11.7. The van der Waals surface area contributed by atoms with Gasteiger partial charge in [-0.05, 0) is 12.5 Å². The Labute approximate surface area is 111 Å². The Bertz CT molecular complexity index is 448. The molecule has 0 radical (unpaired) electrons. The predicted molar refractivity (Wildman–Crippen MR) is 71.0 cm³/mol. The number of para-hydroxylation sites is 1. The molecule has 0 spiro atoms. The van der Waals surface area contributed by atoms with E-state index in [1.807, 2.05) is 12.1 Å². The van der Waals surface area contributed by atoms with Crippen molar-refractivity contribution in [2.45, 2.75) is 26.0 Å². The first-order valence-electron chi connectivity index (χ1n) is 5.95. The second-order valence-corrected chi connectivity index (χ2v) is 3.99. The summed E-state index contributed by atoms with van der Waals surface area (Å²) in [5.41, 5.74) is 1.42. The molecule has 1 atom stereocenters. The lowest BCUT2D eigenvalue weighted by Gasteiger charge is -2.15. The summed E-state index contributed by atoms with van der Waals surface area (Å²) in [5, 5.41) is 13.9. The van der Waals surface area contributed by atoms with Crippen LogP contribution in [-0.4, -0.2) is 30.3 Å². The second-order valence-electron chi connectivity index (χ2n) is 3.99. The molecule has 19 heavy (non-hydrogen) atoms. The van der Waals surface area contributed by atoms with Gasteiger partial charge >= 0.3 is 12.0 Å². The highest BCUT2D eigenvalue weighted by molar-refractivity contribution is 5.92. The van der Waals surface area contributed by atoms with Gasteiger partial charge in [-0.2, -0.15) is 0 Å². The number of benzene rings is 1. The zero-order valence-electron chi connectivity index (χ0n) is 11.0. The Hall–Kier alpha value is -2.08. The highest BCUT2D eigenvalue weighted by Gasteiger charge is 2.17. The predicted octanol–water partition coefficient (Wildman–Crippen LogP) is 1.82. The number of rotatable bonds is 6. The lowest BCUT2D eigenvalue weighted by molar-refractivity contribution is -0.139. The maximum atomic E-state index is 11.7. The van der Waals surface area contributed by atoms with Crippen molar-refractivity contribution in [3.05, 3.63) is 29.8 Å². The van der Waals surface area contributed by atoms with Gasteiger partial charge in [-0.25, -0.2) is 9.59 Å². The monoisotopic (exact) mass is 266 g/mol. The average molecular weight is 266 g/mol. The summed E-state index contributed by atoms with van der Waals surface area (Å²) < 4.78 is 5.02. The zero-order valence-corrected chi connectivity index (χ0v) is 11.0. The first-order chi connectivity index (χ1) is 9.08. The number of hydrogen-bond acceptors (Lipinski definition) is 3. The summed E-state index contributed by atoms with van der Waals surface area (Å²) in [4.78, 5) is 22.5. The molecule has 1 aromatic carbocycles. The summed E-state index contributed by atoms with van der Waals surface area (Å²) in [6, 6.07) is 5.74. The number of carboxylic acid groups (broad SMARTS) is 1. The fourth-order valence-electron chi connectivity index (χ4n) is 1.58. The summed E-state index contributed by atoms with van der Waals surface area (Å²) in [5.74, 6) is -1.05. The van der Waals surface area contributed by atoms with E-state index in [4.69, 9.17) is 9.84 Å². The number of hydrogen-bond donors (Lipinski definition) is 3. The first-order valence-corrected chi connectivity index (χ1v) is 5.95. The topological polar surface area (TPSA) is 87.7 Å². The smallest absolute Gasteiger partial charge is 0.326 e. The van der Waals surface area contributed by atoms with Crippen molar-refractivity contribution < 1.29 is 19.4 Å². The highest BCUT2D eigenvalue weighted by Crippen LogP contribution is 2.15. The molecule has 0 aromatic heterocycles. The standard InChI is InChI=1S/C13H18N2O4/c1-3-10(12(16)17)14-13(18)15-11-7-5-4-6-9(11)8-19-2/h4-7,10H,3,8H2,1-2H3,(H,16,17)(H2,14,15,18)/t10-/m1/s1. The molecule has 104 valence electrons. The number of anilines is 1. The average Bonchev–Trinajstić information content (AvgIpc) is 2.38. The zero-order chi connectivity index (χ0) is 14.3. The van der Waals surface area contributed by atoms with Crippen molar-refractivity contribution in [1.29, 1.82) is 0 Å². The third kappa shape index (κ3) is 4.59. The van der Waals surface area contributed by atoms with Gasteiger partial charge in [0.2, 0.25) is 0 Å². The minimum Gasteiger partial charge on any atom is -0.480 e. The molecule has 0 bridgehead atoms. The minimum absolute atomic E-state index is 0.322. The summed E-state index contributed by atoms with van der Waals surface area (Å²) in [6.07, 6.45) is 0.322. The van der Waals surface area contributed by atoms with Gasteiger partial charge in [0.05, 0.1) is 6.61 Å². The van der Waals surface area contributed by atoms with Crippen molar-refractivity contribution in [2.75, 3.05) is 12.4 Å². The van der Waals surface area contributed by atoms with Crippen LogP contribution in [0, 0.1) is 0 Å². The molecule has 1 aromatic rings. The van der Waals surface area contributed by atoms with Gasteiger partial charge in [-0.15, -0.1) is 0 Å². The number of methoxy groups -OCH3 is 1. The van der Waals surface area contributed by atoms with Crippen LogP contribution in [0.25, 0.3) is 0 Å². The van der Waals surface area contributed by atoms with E-state index in [0.717, 1.165) is 5.56 Å². The molecule has 6 heteroatoms. The molecule has 0 saturated carbocycles. The van der Waals surface area contributed by atoms with Crippen molar-refractivity contribution in [1.82, 2.24) is 5.32 Å². The third-order valence-corrected chi connectivity index (χ3v) is 2.58. The van der Waals surface area contributed by atoms with Gasteiger partial charge in [0.1, 0.15) is 6.04 Å². The Morgan fingerprint density at radius 1 is 1.37 bits per heavy atom. The van der Waals surface area contributed by atoms with Gasteiger partial charge in [0.25, 0.3) is 0 Å². The Kier molecular flexibility index (Phi) is 5.81. The van der Waals surface area contributed by atoms with Crippen molar-refractivity contribution >= 4 is 17.7 Å². The van der Waals surface area contributed by atoms with Crippen LogP contribution in [0.4, 0.5) is 10.5 Å². The van der Waals surface area contributed by atoms with Gasteiger partial charge in [0.15, 0.2) is 0 Å². The van der Waals surface area contributed by atoms with E-state index in [9.17, 15) is 9.59 Å². The summed E-state index contributed by atoms with van der Waals surface area (Å²) in [6.45, 7) is 2.06. The number of aliphatic carboxylic acids is 1. The number of ether oxygens (including phenoxy) is 1. The van der Waals surface area contributed by atoms with Crippen LogP contribution in [0.2, 0.25) is 0 Å². The van der Waals surface area contributed by atoms with Gasteiger partial charge in [-0.1, -0.05) is 25.1 Å². The molecule has 2 amide bonds. The lowest BCUT2D eigenvalue weighted by atomic mass is 10.2. The number of urea groups is 1. The van der Waals surface area contributed by atoms with E-state index in [1.54, 1.807) is 26.2 Å². The SMILES string of the molecule is CC[C@@H](NC(=O)Nc1ccccc1COC)C(=O)O. The molecule has 0 heterocycles. The van der Waals surface area contributed by atoms with Crippen molar-refractivity contribution in [2.24, 2.45) is 0 Å². The lowest BCUT2D eigenvalue weighted by Crippen LogP contribution is -2.42. The molecule has 1 rings (SSSR count). The summed E-state index contributed by atoms with van der Waals surface area (Å²) >= 11 is 0. The van der Waals surface area contributed by atoms with E-state index in [2.05, 4.69) is 10.6 Å². The van der Waals surface area contributed by atoms with E-state index in [-0.39, 0.29) is 0 Å². The second kappa shape index (κ2) is 7.38. The first kappa shape index (κ1) is 15.0. The summed E-state index contributed by atoms with van der Waals surface area (Å²) in [7, 11) is 1.56.